The second-order valence-electron chi connectivity index (χ2n) is 6.61. The number of rotatable bonds is 7. The number of nitrogens with zero attached hydrogens (tertiary/aromatic N) is 3. The van der Waals surface area contributed by atoms with Crippen molar-refractivity contribution in [2.75, 3.05) is 13.6 Å². The van der Waals surface area contributed by atoms with Crippen LogP contribution in [0.1, 0.15) is 27.2 Å². The van der Waals surface area contributed by atoms with Crippen molar-refractivity contribution in [2.24, 2.45) is 11.7 Å². The molecule has 0 aliphatic heterocycles. The molecular weight excluding hydrogens is 340 g/mol. The van der Waals surface area contributed by atoms with E-state index in [9.17, 15) is 9.59 Å². The van der Waals surface area contributed by atoms with Crippen molar-refractivity contribution in [2.45, 2.75) is 46.3 Å². The fourth-order valence-electron chi connectivity index (χ4n) is 2.79. The Kier molecular flexibility index (Phi) is 7.70. The average molecular weight is 369 g/mol. The zero-order valence-electron chi connectivity index (χ0n) is 15.4. The second-order valence-corrected chi connectivity index (χ2v) is 6.61. The summed E-state index contributed by atoms with van der Waals surface area (Å²) in [7, 11) is 1.76. The van der Waals surface area contributed by atoms with Gasteiger partial charge in [0.05, 0.1) is 11.0 Å². The van der Waals surface area contributed by atoms with Gasteiger partial charge in [-0.1, -0.05) is 26.0 Å². The van der Waals surface area contributed by atoms with Crippen LogP contribution < -0.4 is 11.4 Å². The van der Waals surface area contributed by atoms with Gasteiger partial charge in [0.25, 0.3) is 0 Å². The summed E-state index contributed by atoms with van der Waals surface area (Å²) >= 11 is 0. The standard InChI is InChI=1S/C18H28N4O2.ClH/c1-5-21-15-8-6-7-9-16(15)22(18(21)24)12-17(23)20(4)11-10-14(19)13(2)3;/h6-9,13-14H,5,10-12,19H2,1-4H3;1H. The number of aromatic nitrogens is 2. The molecule has 1 unspecified atom stereocenters. The molecule has 0 bridgehead atoms. The van der Waals surface area contributed by atoms with Crippen LogP contribution in [0.25, 0.3) is 11.0 Å². The number of benzene rings is 1. The van der Waals surface area contributed by atoms with Gasteiger partial charge in [0.2, 0.25) is 5.91 Å². The SMILES string of the molecule is CCn1c(=O)n(CC(=O)N(C)CCC(N)C(C)C)c2ccccc21.Cl. The maximum Gasteiger partial charge on any atom is 0.329 e. The molecule has 0 saturated carbocycles. The highest BCUT2D eigenvalue weighted by Crippen LogP contribution is 2.13. The van der Waals surface area contributed by atoms with Gasteiger partial charge in [-0.2, -0.15) is 0 Å². The molecule has 2 aromatic rings. The van der Waals surface area contributed by atoms with Crippen molar-refractivity contribution in [1.29, 1.82) is 0 Å². The smallest absolute Gasteiger partial charge is 0.329 e. The van der Waals surface area contributed by atoms with Crippen LogP contribution in [-0.2, 0) is 17.9 Å². The molecule has 0 aliphatic rings. The van der Waals surface area contributed by atoms with E-state index < -0.39 is 0 Å². The molecule has 0 saturated heterocycles. The minimum Gasteiger partial charge on any atom is -0.344 e. The van der Waals surface area contributed by atoms with Crippen molar-refractivity contribution in [3.8, 4) is 0 Å². The van der Waals surface area contributed by atoms with Gasteiger partial charge in [-0.3, -0.25) is 13.9 Å². The number of amides is 1. The van der Waals surface area contributed by atoms with Crippen LogP contribution in [0, 0.1) is 5.92 Å². The number of hydrogen-bond acceptors (Lipinski definition) is 3. The van der Waals surface area contributed by atoms with E-state index in [2.05, 4.69) is 13.8 Å². The van der Waals surface area contributed by atoms with Crippen molar-refractivity contribution in [3.63, 3.8) is 0 Å². The number of carbonyl (C=O) groups excluding carboxylic acids is 1. The fraction of sp³-hybridized carbons (Fsp3) is 0.556. The fourth-order valence-corrected chi connectivity index (χ4v) is 2.79. The Morgan fingerprint density at radius 1 is 1.20 bits per heavy atom. The Balaban J connectivity index is 0.00000312. The van der Waals surface area contributed by atoms with Crippen LogP contribution in [0.4, 0.5) is 0 Å². The Hall–Kier alpha value is -1.79. The van der Waals surface area contributed by atoms with Crippen LogP contribution in [-0.4, -0.2) is 39.6 Å². The molecule has 2 N–H and O–H groups in total. The summed E-state index contributed by atoms with van der Waals surface area (Å²) in [6, 6.07) is 7.65. The molecule has 1 heterocycles. The van der Waals surface area contributed by atoms with Crippen molar-refractivity contribution >= 4 is 29.3 Å². The maximum atomic E-state index is 12.6. The predicted octanol–water partition coefficient (Wildman–Crippen LogP) is 2.08. The Bertz CT molecular complexity index is 766. The number of aryl methyl sites for hydroxylation is 1. The zero-order valence-corrected chi connectivity index (χ0v) is 16.3. The molecule has 25 heavy (non-hydrogen) atoms. The van der Waals surface area contributed by atoms with E-state index in [-0.39, 0.29) is 36.6 Å². The maximum absolute atomic E-state index is 12.6. The van der Waals surface area contributed by atoms with E-state index in [1.165, 1.54) is 0 Å². The summed E-state index contributed by atoms with van der Waals surface area (Å²) in [5.74, 6) is 0.311. The molecule has 1 atom stereocenters. The summed E-state index contributed by atoms with van der Waals surface area (Å²) in [4.78, 5) is 26.7. The first-order valence-corrected chi connectivity index (χ1v) is 8.54. The lowest BCUT2D eigenvalue weighted by molar-refractivity contribution is -0.130. The first-order chi connectivity index (χ1) is 11.4. The minimum atomic E-state index is -0.140. The summed E-state index contributed by atoms with van der Waals surface area (Å²) < 4.78 is 3.25. The number of hydrogen-bond donors (Lipinski definition) is 1. The first-order valence-electron chi connectivity index (χ1n) is 8.54. The molecule has 1 aromatic carbocycles. The lowest BCUT2D eigenvalue weighted by atomic mass is 10.0. The monoisotopic (exact) mass is 368 g/mol. The Labute approximate surface area is 155 Å². The number of imidazole rings is 1. The lowest BCUT2D eigenvalue weighted by Gasteiger charge is -2.21. The van der Waals surface area contributed by atoms with E-state index in [1.54, 1.807) is 21.1 Å². The van der Waals surface area contributed by atoms with Crippen molar-refractivity contribution in [1.82, 2.24) is 14.0 Å². The van der Waals surface area contributed by atoms with Crippen LogP contribution in [0.2, 0.25) is 0 Å². The topological polar surface area (TPSA) is 73.3 Å². The third-order valence-electron chi connectivity index (χ3n) is 4.61. The summed E-state index contributed by atoms with van der Waals surface area (Å²) in [5.41, 5.74) is 7.56. The molecular formula is C18H29ClN4O2. The summed E-state index contributed by atoms with van der Waals surface area (Å²) in [5, 5.41) is 0. The largest absolute Gasteiger partial charge is 0.344 e. The van der Waals surface area contributed by atoms with Gasteiger partial charge >= 0.3 is 5.69 Å². The quantitative estimate of drug-likeness (QED) is 0.813. The van der Waals surface area contributed by atoms with E-state index in [0.717, 1.165) is 17.5 Å². The highest BCUT2D eigenvalue weighted by Gasteiger charge is 2.17. The number of fused-ring (bicyclic) bond motifs is 1. The minimum absolute atomic E-state index is 0. The van der Waals surface area contributed by atoms with Gasteiger partial charge in [0.15, 0.2) is 0 Å². The highest BCUT2D eigenvalue weighted by atomic mass is 35.5. The van der Waals surface area contributed by atoms with Crippen LogP contribution in [0.3, 0.4) is 0 Å². The molecule has 0 fully saturated rings. The van der Waals surface area contributed by atoms with Gasteiger partial charge in [-0.25, -0.2) is 4.79 Å². The molecule has 0 spiro atoms. The first kappa shape index (κ1) is 21.3. The van der Waals surface area contributed by atoms with Crippen LogP contribution >= 0.6 is 12.4 Å². The van der Waals surface area contributed by atoms with Gasteiger partial charge < -0.3 is 10.6 Å². The van der Waals surface area contributed by atoms with E-state index in [4.69, 9.17) is 5.73 Å². The third kappa shape index (κ3) is 4.64. The average Bonchev–Trinajstić information content (AvgIpc) is 2.83. The van der Waals surface area contributed by atoms with Crippen molar-refractivity contribution in [3.05, 3.63) is 34.7 Å². The van der Waals surface area contributed by atoms with Crippen molar-refractivity contribution < 1.29 is 4.79 Å². The van der Waals surface area contributed by atoms with E-state index in [1.807, 2.05) is 31.2 Å². The molecule has 2 rings (SSSR count). The van der Waals surface area contributed by atoms with Gasteiger partial charge in [0.1, 0.15) is 6.54 Å². The van der Waals surface area contributed by atoms with Gasteiger partial charge in [0, 0.05) is 26.2 Å². The summed E-state index contributed by atoms with van der Waals surface area (Å²) in [6.45, 7) is 7.31. The zero-order chi connectivity index (χ0) is 17.9. The van der Waals surface area contributed by atoms with Crippen LogP contribution in [0.15, 0.2) is 29.1 Å². The van der Waals surface area contributed by atoms with E-state index in [0.29, 0.717) is 19.0 Å². The van der Waals surface area contributed by atoms with Gasteiger partial charge in [-0.15, -0.1) is 12.4 Å². The molecule has 1 amide bonds. The van der Waals surface area contributed by atoms with Gasteiger partial charge in [-0.05, 0) is 31.4 Å². The Morgan fingerprint density at radius 2 is 1.76 bits per heavy atom. The molecule has 0 aliphatic carbocycles. The number of halogens is 1. The third-order valence-corrected chi connectivity index (χ3v) is 4.61. The van der Waals surface area contributed by atoms with Crippen LogP contribution in [0.5, 0.6) is 0 Å². The highest BCUT2D eigenvalue weighted by molar-refractivity contribution is 5.85. The lowest BCUT2D eigenvalue weighted by Crippen LogP contribution is -2.37. The molecule has 1 aromatic heterocycles. The number of carbonyl (C=O) groups is 1. The molecule has 0 radical (unpaired) electrons. The Morgan fingerprint density at radius 3 is 2.28 bits per heavy atom. The summed E-state index contributed by atoms with van der Waals surface area (Å²) in [6.07, 6.45) is 0.755. The predicted molar refractivity (Wildman–Crippen MR) is 104 cm³/mol. The number of nitrogens with two attached hydrogens (primary N) is 1. The normalized spacial score (nSPS) is 12.2. The molecule has 140 valence electrons. The number of likely N-dealkylation sites (N-methyl/N-ethyl adjacent to an activating group) is 1. The molecule has 7 heteroatoms. The van der Waals surface area contributed by atoms with E-state index >= 15 is 0 Å². The second kappa shape index (κ2) is 9.06. The number of para-hydroxylation sites is 2. The molecule has 6 nitrogen and oxygen atoms in total.